The Morgan fingerprint density at radius 2 is 1.73 bits per heavy atom. The molecule has 1 aliphatic rings. The highest BCUT2D eigenvalue weighted by Gasteiger charge is 2.17. The van der Waals surface area contributed by atoms with Gasteiger partial charge >= 0.3 is 0 Å². The van der Waals surface area contributed by atoms with Crippen LogP contribution in [-0.2, 0) is 11.3 Å². The normalized spacial score (nSPS) is 19.8. The van der Waals surface area contributed by atoms with Gasteiger partial charge in [-0.25, -0.2) is 0 Å². The number of aliphatic hydroxyl groups is 1. The molecule has 3 nitrogen and oxygen atoms in total. The Hall–Kier alpha value is -1.68. The Morgan fingerprint density at radius 1 is 1.00 bits per heavy atom. The van der Waals surface area contributed by atoms with Crippen molar-refractivity contribution in [3.05, 3.63) is 60.2 Å². The van der Waals surface area contributed by atoms with Gasteiger partial charge in [0.15, 0.2) is 0 Å². The van der Waals surface area contributed by atoms with Crippen LogP contribution in [-0.4, -0.2) is 42.9 Å². The molecule has 0 aliphatic carbocycles. The summed E-state index contributed by atoms with van der Waals surface area (Å²) in [6.07, 6.45) is 0. The molecule has 0 aromatic heterocycles. The quantitative estimate of drug-likeness (QED) is 0.942. The maximum absolute atomic E-state index is 9.36. The molecule has 2 aromatic carbocycles. The number of hydrogen-bond acceptors (Lipinski definition) is 3. The van der Waals surface area contributed by atoms with Gasteiger partial charge in [-0.3, -0.25) is 4.90 Å². The van der Waals surface area contributed by atoms with Crippen LogP contribution in [0.3, 0.4) is 0 Å². The Kier molecular flexibility index (Phi) is 5.22. The SMILES string of the molecule is OC[C@H]1COCCN(Cc2ccc(-c3ccccc3)cc2)C1. The summed E-state index contributed by atoms with van der Waals surface area (Å²) < 4.78 is 5.54. The van der Waals surface area contributed by atoms with Crippen molar-refractivity contribution in [1.29, 1.82) is 0 Å². The van der Waals surface area contributed by atoms with Gasteiger partial charge in [0.05, 0.1) is 13.2 Å². The molecule has 0 unspecified atom stereocenters. The van der Waals surface area contributed by atoms with Gasteiger partial charge in [0.1, 0.15) is 0 Å². The summed E-state index contributed by atoms with van der Waals surface area (Å²) in [5.74, 6) is 0.228. The Bertz CT molecular complexity index is 568. The van der Waals surface area contributed by atoms with Crippen LogP contribution in [0, 0.1) is 5.92 Å². The minimum Gasteiger partial charge on any atom is -0.396 e. The summed E-state index contributed by atoms with van der Waals surface area (Å²) in [4.78, 5) is 2.37. The van der Waals surface area contributed by atoms with Crippen LogP contribution in [0.1, 0.15) is 5.56 Å². The molecule has 3 heteroatoms. The number of aliphatic hydroxyl groups excluding tert-OH is 1. The van der Waals surface area contributed by atoms with E-state index in [2.05, 4.69) is 53.4 Å². The van der Waals surface area contributed by atoms with Crippen LogP contribution in [0.5, 0.6) is 0 Å². The Balaban J connectivity index is 1.65. The molecule has 116 valence electrons. The van der Waals surface area contributed by atoms with E-state index in [0.717, 1.165) is 26.2 Å². The zero-order valence-electron chi connectivity index (χ0n) is 12.8. The summed E-state index contributed by atoms with van der Waals surface area (Å²) in [7, 11) is 0. The highest BCUT2D eigenvalue weighted by Crippen LogP contribution is 2.20. The lowest BCUT2D eigenvalue weighted by molar-refractivity contribution is 0.0958. The third-order valence-electron chi connectivity index (χ3n) is 4.15. The molecule has 0 radical (unpaired) electrons. The average molecular weight is 297 g/mol. The Morgan fingerprint density at radius 3 is 2.45 bits per heavy atom. The predicted octanol–water partition coefficient (Wildman–Crippen LogP) is 2.79. The third kappa shape index (κ3) is 3.95. The first-order valence-electron chi connectivity index (χ1n) is 7.90. The summed E-state index contributed by atoms with van der Waals surface area (Å²) in [5, 5.41) is 9.36. The van der Waals surface area contributed by atoms with Gasteiger partial charge in [-0.05, 0) is 16.7 Å². The minimum absolute atomic E-state index is 0.198. The van der Waals surface area contributed by atoms with Crippen molar-refractivity contribution in [2.24, 2.45) is 5.92 Å². The third-order valence-corrected chi connectivity index (χ3v) is 4.15. The average Bonchev–Trinajstić information content (AvgIpc) is 2.81. The molecule has 22 heavy (non-hydrogen) atoms. The van der Waals surface area contributed by atoms with Gasteiger partial charge in [0, 0.05) is 32.2 Å². The van der Waals surface area contributed by atoms with Crippen molar-refractivity contribution < 1.29 is 9.84 Å². The van der Waals surface area contributed by atoms with Crippen LogP contribution in [0.4, 0.5) is 0 Å². The van der Waals surface area contributed by atoms with Crippen molar-refractivity contribution in [3.63, 3.8) is 0 Å². The van der Waals surface area contributed by atoms with Crippen molar-refractivity contribution in [2.75, 3.05) is 32.9 Å². The second kappa shape index (κ2) is 7.54. The zero-order valence-corrected chi connectivity index (χ0v) is 12.8. The van der Waals surface area contributed by atoms with Crippen LogP contribution < -0.4 is 0 Å². The maximum Gasteiger partial charge on any atom is 0.0593 e. The molecule has 0 saturated carbocycles. The summed E-state index contributed by atoms with van der Waals surface area (Å²) in [5.41, 5.74) is 3.80. The number of hydrogen-bond donors (Lipinski definition) is 1. The van der Waals surface area contributed by atoms with Gasteiger partial charge in [0.25, 0.3) is 0 Å². The first kappa shape index (κ1) is 15.2. The fraction of sp³-hybridized carbons (Fsp3) is 0.368. The molecule has 0 bridgehead atoms. The summed E-state index contributed by atoms with van der Waals surface area (Å²) in [6.45, 7) is 4.35. The van der Waals surface area contributed by atoms with E-state index in [1.807, 2.05) is 6.07 Å². The minimum atomic E-state index is 0.198. The van der Waals surface area contributed by atoms with Gasteiger partial charge in [-0.1, -0.05) is 54.6 Å². The molecule has 3 rings (SSSR count). The number of benzene rings is 2. The largest absolute Gasteiger partial charge is 0.396 e. The van der Waals surface area contributed by atoms with Crippen LogP contribution in [0.2, 0.25) is 0 Å². The second-order valence-corrected chi connectivity index (χ2v) is 5.92. The molecule has 1 aliphatic heterocycles. The number of rotatable bonds is 4. The van der Waals surface area contributed by atoms with Crippen molar-refractivity contribution in [1.82, 2.24) is 4.90 Å². The highest BCUT2D eigenvalue weighted by atomic mass is 16.5. The lowest BCUT2D eigenvalue weighted by Gasteiger charge is -2.22. The topological polar surface area (TPSA) is 32.7 Å². The predicted molar refractivity (Wildman–Crippen MR) is 88.5 cm³/mol. The molecular weight excluding hydrogens is 274 g/mol. The highest BCUT2D eigenvalue weighted by molar-refractivity contribution is 5.63. The summed E-state index contributed by atoms with van der Waals surface area (Å²) >= 11 is 0. The fourth-order valence-electron chi connectivity index (χ4n) is 2.90. The lowest BCUT2D eigenvalue weighted by atomic mass is 10.0. The number of ether oxygens (including phenoxy) is 1. The van der Waals surface area contributed by atoms with Crippen LogP contribution in [0.25, 0.3) is 11.1 Å². The van der Waals surface area contributed by atoms with E-state index in [4.69, 9.17) is 4.74 Å². The maximum atomic E-state index is 9.36. The molecule has 0 amide bonds. The first-order valence-corrected chi connectivity index (χ1v) is 7.90. The van der Waals surface area contributed by atoms with E-state index in [1.54, 1.807) is 0 Å². The second-order valence-electron chi connectivity index (χ2n) is 5.92. The van der Waals surface area contributed by atoms with Crippen molar-refractivity contribution >= 4 is 0 Å². The monoisotopic (exact) mass is 297 g/mol. The van der Waals surface area contributed by atoms with Crippen molar-refractivity contribution in [2.45, 2.75) is 6.54 Å². The number of nitrogens with zero attached hydrogens (tertiary/aromatic N) is 1. The molecule has 1 saturated heterocycles. The van der Waals surface area contributed by atoms with Gasteiger partial charge in [0.2, 0.25) is 0 Å². The van der Waals surface area contributed by atoms with E-state index >= 15 is 0 Å². The first-order chi connectivity index (χ1) is 10.8. The van der Waals surface area contributed by atoms with E-state index in [9.17, 15) is 5.11 Å². The Labute approximate surface area is 132 Å². The standard InChI is InChI=1S/C19H23NO2/c21-14-17-13-20(10-11-22-15-17)12-16-6-8-19(9-7-16)18-4-2-1-3-5-18/h1-9,17,21H,10-15H2/t17-/m0/s1. The molecule has 1 heterocycles. The molecular formula is C19H23NO2. The lowest BCUT2D eigenvalue weighted by Crippen LogP contribution is -2.30. The van der Waals surface area contributed by atoms with Crippen molar-refractivity contribution in [3.8, 4) is 11.1 Å². The molecule has 0 spiro atoms. The fourth-order valence-corrected chi connectivity index (χ4v) is 2.90. The van der Waals surface area contributed by atoms with E-state index in [0.29, 0.717) is 6.61 Å². The smallest absolute Gasteiger partial charge is 0.0593 e. The van der Waals surface area contributed by atoms with Gasteiger partial charge in [-0.2, -0.15) is 0 Å². The molecule has 2 aromatic rings. The van der Waals surface area contributed by atoms with Crippen LogP contribution >= 0.6 is 0 Å². The summed E-state index contributed by atoms with van der Waals surface area (Å²) in [6, 6.07) is 19.2. The van der Waals surface area contributed by atoms with E-state index in [-0.39, 0.29) is 12.5 Å². The molecule has 1 fully saturated rings. The van der Waals surface area contributed by atoms with E-state index in [1.165, 1.54) is 16.7 Å². The molecule has 1 N–H and O–H groups in total. The van der Waals surface area contributed by atoms with Crippen LogP contribution in [0.15, 0.2) is 54.6 Å². The molecule has 1 atom stereocenters. The van der Waals surface area contributed by atoms with Gasteiger partial charge < -0.3 is 9.84 Å². The zero-order chi connectivity index (χ0) is 15.2. The van der Waals surface area contributed by atoms with E-state index < -0.39 is 0 Å². The van der Waals surface area contributed by atoms with Gasteiger partial charge in [-0.15, -0.1) is 0 Å².